The Balaban J connectivity index is 2.21. The summed E-state index contributed by atoms with van der Waals surface area (Å²) < 4.78 is 0. The molecule has 2 aromatic rings. The molecule has 0 saturated heterocycles. The molecule has 2 N–H and O–H groups in total. The number of unbranched alkanes of at least 4 members (excludes halogenated alkanes) is 2. The van der Waals surface area contributed by atoms with E-state index in [0.717, 1.165) is 36.1 Å². The zero-order valence-corrected chi connectivity index (χ0v) is 12.5. The predicted octanol–water partition coefficient (Wildman–Crippen LogP) is 4.98. The molecule has 0 heterocycles. The summed E-state index contributed by atoms with van der Waals surface area (Å²) in [5, 5.41) is 20.3. The van der Waals surface area contributed by atoms with E-state index in [1.807, 2.05) is 36.4 Å². The molecule has 2 nitrogen and oxygen atoms in total. The minimum Gasteiger partial charge on any atom is -0.507 e. The molecule has 0 atom stereocenters. The lowest BCUT2D eigenvalue weighted by molar-refractivity contribution is 0.422. The molecule has 0 spiro atoms. The van der Waals surface area contributed by atoms with Crippen molar-refractivity contribution < 1.29 is 10.2 Å². The van der Waals surface area contributed by atoms with E-state index in [2.05, 4.69) is 6.92 Å². The summed E-state index contributed by atoms with van der Waals surface area (Å²) in [5.74, 6) is 0.352. The molecule has 0 aliphatic rings. The molecule has 0 amide bonds. The summed E-state index contributed by atoms with van der Waals surface area (Å²) in [5.41, 5.74) is 0.912. The Bertz CT molecular complexity index is 552. The lowest BCUT2D eigenvalue weighted by Gasteiger charge is -2.11. The smallest absolute Gasteiger partial charge is 0.136 e. The first-order valence-corrected chi connectivity index (χ1v) is 7.80. The highest BCUT2D eigenvalue weighted by Gasteiger charge is 2.13. The van der Waals surface area contributed by atoms with Gasteiger partial charge in [-0.25, -0.2) is 0 Å². The molecule has 2 rings (SSSR count). The number of aromatic hydroxyl groups is 2. The fourth-order valence-electron chi connectivity index (χ4n) is 2.08. The van der Waals surface area contributed by atoms with Gasteiger partial charge in [0.25, 0.3) is 0 Å². The van der Waals surface area contributed by atoms with Crippen LogP contribution in [0.4, 0.5) is 0 Å². The Kier molecular flexibility index (Phi) is 5.36. The number of hydrogen-bond acceptors (Lipinski definition) is 3. The van der Waals surface area contributed by atoms with Crippen LogP contribution in [-0.4, -0.2) is 10.2 Å². The van der Waals surface area contributed by atoms with Crippen molar-refractivity contribution >= 4 is 11.8 Å². The first-order chi connectivity index (χ1) is 9.72. The predicted molar refractivity (Wildman–Crippen MR) is 83.6 cm³/mol. The fourth-order valence-corrected chi connectivity index (χ4v) is 3.00. The molecule has 0 aliphatic carbocycles. The van der Waals surface area contributed by atoms with Crippen LogP contribution in [0.2, 0.25) is 0 Å². The standard InChI is InChI=1S/C17H20O2S/c1-2-3-5-8-13-11-12-15(18)17(16(13)19)20-14-9-6-4-7-10-14/h4,6-7,9-12,18-19H,2-3,5,8H2,1H3. The summed E-state index contributed by atoms with van der Waals surface area (Å²) in [6, 6.07) is 13.3. The van der Waals surface area contributed by atoms with Gasteiger partial charge in [-0.05, 0) is 36.6 Å². The average molecular weight is 288 g/mol. The molecule has 0 aromatic heterocycles. The highest BCUT2D eigenvalue weighted by atomic mass is 32.2. The minimum absolute atomic E-state index is 0.135. The van der Waals surface area contributed by atoms with Crippen molar-refractivity contribution in [3.63, 3.8) is 0 Å². The third kappa shape index (κ3) is 3.70. The largest absolute Gasteiger partial charge is 0.507 e. The van der Waals surface area contributed by atoms with E-state index in [4.69, 9.17) is 0 Å². The third-order valence-corrected chi connectivity index (χ3v) is 4.32. The van der Waals surface area contributed by atoms with Gasteiger partial charge in [-0.2, -0.15) is 0 Å². The van der Waals surface area contributed by atoms with Gasteiger partial charge in [-0.3, -0.25) is 0 Å². The van der Waals surface area contributed by atoms with Gasteiger partial charge in [-0.1, -0.05) is 55.8 Å². The van der Waals surface area contributed by atoms with Crippen molar-refractivity contribution in [1.82, 2.24) is 0 Å². The van der Waals surface area contributed by atoms with E-state index in [0.29, 0.717) is 4.90 Å². The Morgan fingerprint density at radius 3 is 2.40 bits per heavy atom. The van der Waals surface area contributed by atoms with Gasteiger partial charge in [0.05, 0.1) is 4.90 Å². The van der Waals surface area contributed by atoms with Crippen LogP contribution in [0.15, 0.2) is 52.3 Å². The monoisotopic (exact) mass is 288 g/mol. The molecule has 0 aliphatic heterocycles. The van der Waals surface area contributed by atoms with Gasteiger partial charge in [0, 0.05) is 4.90 Å². The second-order valence-corrected chi connectivity index (χ2v) is 5.88. The van der Waals surface area contributed by atoms with E-state index in [1.54, 1.807) is 6.07 Å². The van der Waals surface area contributed by atoms with Gasteiger partial charge < -0.3 is 10.2 Å². The zero-order valence-electron chi connectivity index (χ0n) is 11.7. The summed E-state index contributed by atoms with van der Waals surface area (Å²) in [7, 11) is 0. The van der Waals surface area contributed by atoms with Crippen molar-refractivity contribution in [1.29, 1.82) is 0 Å². The summed E-state index contributed by atoms with van der Waals surface area (Å²) in [4.78, 5) is 1.55. The first-order valence-electron chi connectivity index (χ1n) is 6.99. The third-order valence-electron chi connectivity index (χ3n) is 3.21. The fraction of sp³-hybridized carbons (Fsp3) is 0.294. The van der Waals surface area contributed by atoms with E-state index < -0.39 is 0 Å². The first kappa shape index (κ1) is 14.8. The van der Waals surface area contributed by atoms with Gasteiger partial charge >= 0.3 is 0 Å². The quantitative estimate of drug-likeness (QED) is 0.736. The molecule has 0 radical (unpaired) electrons. The molecular formula is C17H20O2S. The molecule has 0 fully saturated rings. The second-order valence-electron chi connectivity index (χ2n) is 4.79. The minimum atomic E-state index is 0.135. The highest BCUT2D eigenvalue weighted by Crippen LogP contribution is 2.42. The second kappa shape index (κ2) is 7.25. The van der Waals surface area contributed by atoms with Crippen molar-refractivity contribution in [2.24, 2.45) is 0 Å². The Labute approximate surface area is 124 Å². The normalized spacial score (nSPS) is 10.7. The number of rotatable bonds is 6. The maximum atomic E-state index is 10.3. The molecule has 106 valence electrons. The number of hydrogen-bond donors (Lipinski definition) is 2. The Morgan fingerprint density at radius 1 is 0.950 bits per heavy atom. The van der Waals surface area contributed by atoms with Crippen molar-refractivity contribution in [3.8, 4) is 11.5 Å². The topological polar surface area (TPSA) is 40.5 Å². The summed E-state index contributed by atoms with van der Waals surface area (Å²) in [6.45, 7) is 2.16. The highest BCUT2D eigenvalue weighted by molar-refractivity contribution is 7.99. The SMILES string of the molecule is CCCCCc1ccc(O)c(Sc2ccccc2)c1O. The number of phenols is 2. The van der Waals surface area contributed by atoms with Crippen molar-refractivity contribution in [2.45, 2.75) is 42.4 Å². The van der Waals surface area contributed by atoms with Crippen LogP contribution in [-0.2, 0) is 6.42 Å². The molecule has 0 unspecified atom stereocenters. The van der Waals surface area contributed by atoms with Gasteiger partial charge in [0.2, 0.25) is 0 Å². The van der Waals surface area contributed by atoms with Crippen LogP contribution in [0.1, 0.15) is 31.7 Å². The molecule has 20 heavy (non-hydrogen) atoms. The van der Waals surface area contributed by atoms with Crippen LogP contribution < -0.4 is 0 Å². The van der Waals surface area contributed by atoms with E-state index in [1.165, 1.54) is 11.8 Å². The van der Waals surface area contributed by atoms with Crippen molar-refractivity contribution in [2.75, 3.05) is 0 Å². The number of phenolic OH excluding ortho intramolecular Hbond substituents is 2. The van der Waals surface area contributed by atoms with Crippen LogP contribution in [0.25, 0.3) is 0 Å². The lowest BCUT2D eigenvalue weighted by Crippen LogP contribution is -1.89. The molecular weight excluding hydrogens is 268 g/mol. The van der Waals surface area contributed by atoms with Crippen LogP contribution in [0.3, 0.4) is 0 Å². The Morgan fingerprint density at radius 2 is 1.70 bits per heavy atom. The van der Waals surface area contributed by atoms with Crippen LogP contribution in [0.5, 0.6) is 11.5 Å². The summed E-state index contributed by atoms with van der Waals surface area (Å²) >= 11 is 1.39. The summed E-state index contributed by atoms with van der Waals surface area (Å²) in [6.07, 6.45) is 4.22. The van der Waals surface area contributed by atoms with E-state index in [9.17, 15) is 10.2 Å². The zero-order chi connectivity index (χ0) is 14.4. The number of benzene rings is 2. The molecule has 2 aromatic carbocycles. The average Bonchev–Trinajstić information content (AvgIpc) is 2.47. The van der Waals surface area contributed by atoms with Gasteiger partial charge in [0.1, 0.15) is 11.5 Å². The van der Waals surface area contributed by atoms with Crippen LogP contribution >= 0.6 is 11.8 Å². The van der Waals surface area contributed by atoms with Gasteiger partial charge in [-0.15, -0.1) is 0 Å². The van der Waals surface area contributed by atoms with Gasteiger partial charge in [0.15, 0.2) is 0 Å². The molecule has 0 bridgehead atoms. The molecule has 3 heteroatoms. The van der Waals surface area contributed by atoms with Crippen molar-refractivity contribution in [3.05, 3.63) is 48.0 Å². The Hall–Kier alpha value is -1.61. The lowest BCUT2D eigenvalue weighted by atomic mass is 10.1. The van der Waals surface area contributed by atoms with E-state index in [-0.39, 0.29) is 11.5 Å². The van der Waals surface area contributed by atoms with E-state index >= 15 is 0 Å². The van der Waals surface area contributed by atoms with Crippen LogP contribution in [0, 0.1) is 0 Å². The number of aryl methyl sites for hydroxylation is 1. The maximum absolute atomic E-state index is 10.3. The maximum Gasteiger partial charge on any atom is 0.136 e. The molecule has 0 saturated carbocycles.